The third kappa shape index (κ3) is 4.74. The molecule has 0 unspecified atom stereocenters. The van der Waals surface area contributed by atoms with E-state index in [1.165, 1.54) is 6.33 Å². The minimum Gasteiger partial charge on any atom is -0.392 e. The van der Waals surface area contributed by atoms with Gasteiger partial charge in [0.05, 0.1) is 18.8 Å². The molecule has 4 rings (SSSR count). The van der Waals surface area contributed by atoms with Gasteiger partial charge in [0.2, 0.25) is 0 Å². The molecule has 1 aliphatic heterocycles. The number of aromatic nitrogens is 3. The van der Waals surface area contributed by atoms with Crippen LogP contribution in [-0.2, 0) is 22.6 Å². The minimum absolute atomic E-state index is 0.0248. The summed E-state index contributed by atoms with van der Waals surface area (Å²) in [5, 5.41) is 16.9. The van der Waals surface area contributed by atoms with Gasteiger partial charge in [-0.25, -0.2) is 4.98 Å². The lowest BCUT2D eigenvalue weighted by molar-refractivity contribution is -0.268. The Kier molecular flexibility index (Phi) is 6.81. The van der Waals surface area contributed by atoms with Crippen LogP contribution < -0.4 is 5.73 Å². The smallest absolute Gasteiger partial charge is 0.184 e. The molecule has 2 heterocycles. The molecule has 0 saturated carbocycles. The summed E-state index contributed by atoms with van der Waals surface area (Å²) in [6, 6.07) is 15.9. The van der Waals surface area contributed by atoms with Crippen LogP contribution in [0.2, 0.25) is 0 Å². The summed E-state index contributed by atoms with van der Waals surface area (Å²) in [4.78, 5) is 4.19. The molecule has 1 saturated heterocycles. The van der Waals surface area contributed by atoms with Gasteiger partial charge >= 0.3 is 0 Å². The molecule has 0 radical (unpaired) electrons. The fourth-order valence-electron chi connectivity index (χ4n) is 3.55. The molecule has 4 N–H and O–H groups in total. The summed E-state index contributed by atoms with van der Waals surface area (Å²) in [5.74, 6) is 0.849. The third-order valence-electron chi connectivity index (χ3n) is 5.39. The van der Waals surface area contributed by atoms with E-state index in [-0.39, 0.29) is 24.7 Å². The molecular weight excluding hydrogens is 400 g/mol. The van der Waals surface area contributed by atoms with Crippen molar-refractivity contribution < 1.29 is 14.6 Å². The number of benzene rings is 2. The van der Waals surface area contributed by atoms with Crippen LogP contribution in [0.4, 0.5) is 0 Å². The van der Waals surface area contributed by atoms with Crippen LogP contribution in [0.5, 0.6) is 0 Å². The highest BCUT2D eigenvalue weighted by Gasteiger charge is 2.38. The first-order valence-electron chi connectivity index (χ1n) is 9.95. The average molecular weight is 427 g/mol. The zero-order valence-corrected chi connectivity index (χ0v) is 17.6. The summed E-state index contributed by atoms with van der Waals surface area (Å²) in [6.07, 6.45) is 0.849. The van der Waals surface area contributed by atoms with E-state index in [0.29, 0.717) is 6.54 Å². The largest absolute Gasteiger partial charge is 0.392 e. The van der Waals surface area contributed by atoms with Crippen LogP contribution in [0, 0.1) is 5.92 Å². The number of nitrogens with zero attached hydrogens (tertiary/aromatic N) is 2. The second kappa shape index (κ2) is 9.72. The number of hydrogen-bond donors (Lipinski definition) is 3. The van der Waals surface area contributed by atoms with E-state index >= 15 is 0 Å². The molecule has 30 heavy (non-hydrogen) atoms. The molecule has 7 nitrogen and oxygen atoms in total. The molecule has 4 atom stereocenters. The Morgan fingerprint density at radius 2 is 1.73 bits per heavy atom. The number of nitrogens with one attached hydrogen (secondary N) is 1. The Labute approximate surface area is 180 Å². The van der Waals surface area contributed by atoms with Gasteiger partial charge in [0.15, 0.2) is 11.4 Å². The Bertz CT molecular complexity index is 919. The van der Waals surface area contributed by atoms with Gasteiger partial charge < -0.3 is 20.3 Å². The summed E-state index contributed by atoms with van der Waals surface area (Å²) < 4.78 is 12.8. The number of aromatic amines is 1. The van der Waals surface area contributed by atoms with Crippen molar-refractivity contribution in [1.29, 1.82) is 0 Å². The van der Waals surface area contributed by atoms with Gasteiger partial charge in [-0.3, -0.25) is 5.10 Å². The van der Waals surface area contributed by atoms with Gasteiger partial charge in [-0.05, 0) is 16.7 Å². The second-order valence-corrected chi connectivity index (χ2v) is 8.38. The van der Waals surface area contributed by atoms with Gasteiger partial charge in [0.25, 0.3) is 0 Å². The van der Waals surface area contributed by atoms with Gasteiger partial charge in [-0.2, -0.15) is 5.10 Å². The van der Waals surface area contributed by atoms with E-state index in [1.807, 2.05) is 48.5 Å². The van der Waals surface area contributed by atoms with Crippen molar-refractivity contribution in [3.8, 4) is 0 Å². The quantitative estimate of drug-likeness (QED) is 0.498. The SMILES string of the molecule is C[C@@H]1[C@H](CSc2ncn[nH]2)O[C@H](c2ccc(CN)cc2)O[C@@H]1c1ccc(CO)cc1. The molecule has 1 aromatic heterocycles. The van der Waals surface area contributed by atoms with Gasteiger partial charge in [-0.1, -0.05) is 67.2 Å². The first-order valence-corrected chi connectivity index (χ1v) is 10.9. The highest BCUT2D eigenvalue weighted by atomic mass is 32.2. The maximum Gasteiger partial charge on any atom is 0.184 e. The number of rotatable bonds is 7. The number of nitrogens with two attached hydrogens (primary N) is 1. The Balaban J connectivity index is 1.58. The van der Waals surface area contributed by atoms with Crippen molar-refractivity contribution in [1.82, 2.24) is 15.2 Å². The normalized spacial score (nSPS) is 24.1. The van der Waals surface area contributed by atoms with Crippen molar-refractivity contribution in [2.45, 2.75) is 43.7 Å². The fraction of sp³-hybridized carbons (Fsp3) is 0.364. The number of aliphatic hydroxyl groups excluding tert-OH is 1. The fourth-order valence-corrected chi connectivity index (χ4v) is 4.49. The topological polar surface area (TPSA) is 106 Å². The minimum atomic E-state index is -0.476. The van der Waals surface area contributed by atoms with E-state index < -0.39 is 6.29 Å². The van der Waals surface area contributed by atoms with E-state index in [1.54, 1.807) is 11.8 Å². The lowest BCUT2D eigenvalue weighted by Crippen LogP contribution is -2.38. The standard InChI is InChI=1S/C22H26N4O3S/c1-14-19(12-30-22-24-13-25-26-22)28-21(18-8-2-15(10-23)3-9-18)29-20(14)17-6-4-16(11-27)5-7-17/h2-9,13-14,19-21,27H,10-12,23H2,1H3,(H,24,25,26)/t14-,19+,20+,21+/m1/s1. The van der Waals surface area contributed by atoms with Gasteiger partial charge in [-0.15, -0.1) is 0 Å². The number of ether oxygens (including phenoxy) is 2. The van der Waals surface area contributed by atoms with Crippen LogP contribution in [-0.4, -0.2) is 32.1 Å². The maximum atomic E-state index is 9.35. The molecule has 0 amide bonds. The first-order chi connectivity index (χ1) is 14.7. The summed E-state index contributed by atoms with van der Waals surface area (Å²) in [6.45, 7) is 2.67. The Morgan fingerprint density at radius 3 is 2.37 bits per heavy atom. The van der Waals surface area contributed by atoms with Gasteiger partial charge in [0, 0.05) is 23.8 Å². The molecule has 0 bridgehead atoms. The highest BCUT2D eigenvalue weighted by Crippen LogP contribution is 2.42. The average Bonchev–Trinajstić information content (AvgIpc) is 3.32. The van der Waals surface area contributed by atoms with E-state index in [9.17, 15) is 5.11 Å². The van der Waals surface area contributed by atoms with Crippen molar-refractivity contribution in [2.24, 2.45) is 11.7 Å². The van der Waals surface area contributed by atoms with Crippen LogP contribution in [0.25, 0.3) is 0 Å². The van der Waals surface area contributed by atoms with Crippen molar-refractivity contribution in [3.63, 3.8) is 0 Å². The van der Waals surface area contributed by atoms with Crippen LogP contribution in [0.3, 0.4) is 0 Å². The van der Waals surface area contributed by atoms with Crippen LogP contribution >= 0.6 is 11.8 Å². The van der Waals surface area contributed by atoms with E-state index in [4.69, 9.17) is 15.2 Å². The first kappa shape index (κ1) is 21.0. The predicted molar refractivity (Wildman–Crippen MR) is 114 cm³/mol. The maximum absolute atomic E-state index is 9.35. The van der Waals surface area contributed by atoms with E-state index in [2.05, 4.69) is 22.1 Å². The number of aliphatic hydroxyl groups is 1. The number of H-pyrrole nitrogens is 1. The molecule has 1 aliphatic rings. The predicted octanol–water partition coefficient (Wildman–Crippen LogP) is 3.34. The molecule has 1 fully saturated rings. The van der Waals surface area contributed by atoms with Crippen molar-refractivity contribution in [2.75, 3.05) is 5.75 Å². The molecule has 2 aromatic carbocycles. The van der Waals surface area contributed by atoms with E-state index in [0.717, 1.165) is 33.2 Å². The van der Waals surface area contributed by atoms with Crippen molar-refractivity contribution in [3.05, 3.63) is 77.1 Å². The highest BCUT2D eigenvalue weighted by molar-refractivity contribution is 7.99. The third-order valence-corrected chi connectivity index (χ3v) is 6.35. The van der Waals surface area contributed by atoms with Crippen molar-refractivity contribution >= 4 is 11.8 Å². The zero-order valence-electron chi connectivity index (χ0n) is 16.8. The monoisotopic (exact) mass is 426 g/mol. The summed E-state index contributed by atoms with van der Waals surface area (Å²) >= 11 is 1.58. The molecular formula is C22H26N4O3S. The molecule has 3 aromatic rings. The molecule has 0 spiro atoms. The second-order valence-electron chi connectivity index (χ2n) is 7.37. The molecule has 8 heteroatoms. The van der Waals surface area contributed by atoms with Gasteiger partial charge in [0.1, 0.15) is 6.33 Å². The zero-order chi connectivity index (χ0) is 20.9. The summed E-state index contributed by atoms with van der Waals surface area (Å²) in [5.41, 5.74) is 9.71. The lowest BCUT2D eigenvalue weighted by Gasteiger charge is -2.41. The Morgan fingerprint density at radius 1 is 1.03 bits per heavy atom. The molecule has 0 aliphatic carbocycles. The number of hydrogen-bond acceptors (Lipinski definition) is 7. The van der Waals surface area contributed by atoms with Crippen LogP contribution in [0.15, 0.2) is 60.0 Å². The summed E-state index contributed by atoms with van der Waals surface area (Å²) in [7, 11) is 0. The lowest BCUT2D eigenvalue weighted by atomic mass is 9.91. The number of thioether (sulfide) groups is 1. The van der Waals surface area contributed by atoms with Crippen LogP contribution in [0.1, 0.15) is 41.6 Å². The molecule has 158 valence electrons. The Hall–Kier alpha value is -2.23.